The zero-order chi connectivity index (χ0) is 16.0. The van der Waals surface area contributed by atoms with Crippen molar-refractivity contribution in [2.75, 3.05) is 6.54 Å². The molecule has 5 heteroatoms. The molecule has 4 rings (SSSR count). The number of rotatable bonds is 5. The molecule has 2 aromatic heterocycles. The van der Waals surface area contributed by atoms with Gasteiger partial charge in [-0.3, -0.25) is 9.89 Å². The van der Waals surface area contributed by atoms with Crippen LogP contribution in [0.25, 0.3) is 21.8 Å². The summed E-state index contributed by atoms with van der Waals surface area (Å²) in [5, 5.41) is 9.15. The van der Waals surface area contributed by atoms with Crippen molar-refractivity contribution in [3.05, 3.63) is 39.8 Å². The van der Waals surface area contributed by atoms with E-state index >= 15 is 0 Å². The lowest BCUT2D eigenvalue weighted by molar-refractivity contribution is 0.653. The summed E-state index contributed by atoms with van der Waals surface area (Å²) in [4.78, 5) is 12.9. The van der Waals surface area contributed by atoms with Gasteiger partial charge in [-0.05, 0) is 62.8 Å². The first-order valence-corrected chi connectivity index (χ1v) is 8.39. The van der Waals surface area contributed by atoms with Crippen LogP contribution in [-0.4, -0.2) is 21.3 Å². The Hall–Kier alpha value is -2.14. The summed E-state index contributed by atoms with van der Waals surface area (Å²) in [6.07, 6.45) is 4.60. The highest BCUT2D eigenvalue weighted by Gasteiger charge is 2.22. The molecular weight excluding hydrogens is 288 g/mol. The van der Waals surface area contributed by atoms with E-state index in [1.165, 1.54) is 18.4 Å². The molecule has 23 heavy (non-hydrogen) atoms. The first kappa shape index (κ1) is 14.5. The van der Waals surface area contributed by atoms with Crippen LogP contribution in [0.15, 0.2) is 23.0 Å². The van der Waals surface area contributed by atoms with Crippen LogP contribution in [0.1, 0.15) is 30.5 Å². The lowest BCUT2D eigenvalue weighted by Gasteiger charge is -2.12. The molecule has 2 heterocycles. The molecule has 1 aromatic carbocycles. The molecule has 0 bridgehead atoms. The number of aryl methyl sites for hydroxylation is 2. The van der Waals surface area contributed by atoms with Gasteiger partial charge in [0.2, 0.25) is 0 Å². The van der Waals surface area contributed by atoms with E-state index in [9.17, 15) is 4.79 Å². The van der Waals surface area contributed by atoms with Gasteiger partial charge in [-0.15, -0.1) is 0 Å². The molecule has 0 atom stereocenters. The Kier molecular flexibility index (Phi) is 3.45. The van der Waals surface area contributed by atoms with Gasteiger partial charge in [0.1, 0.15) is 5.52 Å². The Labute approximate surface area is 134 Å². The van der Waals surface area contributed by atoms with E-state index in [1.54, 1.807) is 0 Å². The summed E-state index contributed by atoms with van der Waals surface area (Å²) < 4.78 is 1.86. The molecular formula is C18H22N4O. The van der Waals surface area contributed by atoms with Crippen molar-refractivity contribution in [3.63, 3.8) is 0 Å². The summed E-state index contributed by atoms with van der Waals surface area (Å²) in [6.45, 7) is 3.13. The van der Waals surface area contributed by atoms with E-state index in [1.807, 2.05) is 11.5 Å². The first-order valence-electron chi connectivity index (χ1n) is 8.39. The Morgan fingerprint density at radius 2 is 2.22 bits per heavy atom. The molecule has 0 unspecified atom stereocenters. The lowest BCUT2D eigenvalue weighted by atomic mass is 10.0. The molecule has 0 radical (unpaired) electrons. The SMILES string of the molecule is Cc1[nH]nc2c1c(=O)n(CCCN)c1ccc(CC3CC3)cc21. The summed E-state index contributed by atoms with van der Waals surface area (Å²) in [5.41, 5.74) is 9.60. The predicted octanol–water partition coefficient (Wildman–Crippen LogP) is 2.49. The molecule has 0 amide bonds. The second-order valence-electron chi connectivity index (χ2n) is 6.67. The van der Waals surface area contributed by atoms with Crippen molar-refractivity contribution in [1.29, 1.82) is 0 Å². The average Bonchev–Trinajstić information content (AvgIpc) is 3.27. The highest BCUT2D eigenvalue weighted by Crippen LogP contribution is 2.34. The van der Waals surface area contributed by atoms with Crippen LogP contribution in [-0.2, 0) is 13.0 Å². The number of fused-ring (bicyclic) bond motifs is 3. The predicted molar refractivity (Wildman–Crippen MR) is 92.7 cm³/mol. The number of hydrogen-bond donors (Lipinski definition) is 2. The van der Waals surface area contributed by atoms with Crippen molar-refractivity contribution in [2.24, 2.45) is 11.7 Å². The minimum absolute atomic E-state index is 0.0298. The van der Waals surface area contributed by atoms with Gasteiger partial charge in [-0.2, -0.15) is 5.10 Å². The fraction of sp³-hybridized carbons (Fsp3) is 0.444. The van der Waals surface area contributed by atoms with E-state index in [4.69, 9.17) is 5.73 Å². The summed E-state index contributed by atoms with van der Waals surface area (Å²) in [5.74, 6) is 0.840. The van der Waals surface area contributed by atoms with E-state index < -0.39 is 0 Å². The summed E-state index contributed by atoms with van der Waals surface area (Å²) in [6, 6.07) is 6.45. The van der Waals surface area contributed by atoms with Gasteiger partial charge >= 0.3 is 0 Å². The monoisotopic (exact) mass is 310 g/mol. The number of aromatic nitrogens is 3. The molecule has 3 N–H and O–H groups in total. The number of H-pyrrole nitrogens is 1. The Balaban J connectivity index is 1.98. The third kappa shape index (κ3) is 2.45. The minimum Gasteiger partial charge on any atom is -0.330 e. The van der Waals surface area contributed by atoms with Crippen LogP contribution in [0.2, 0.25) is 0 Å². The maximum atomic E-state index is 12.9. The number of pyridine rings is 1. The molecule has 0 spiro atoms. The highest BCUT2D eigenvalue weighted by molar-refractivity contribution is 6.04. The molecule has 120 valence electrons. The Morgan fingerprint density at radius 3 is 2.96 bits per heavy atom. The number of aromatic amines is 1. The zero-order valence-electron chi connectivity index (χ0n) is 13.4. The molecule has 1 aliphatic rings. The molecule has 1 fully saturated rings. The van der Waals surface area contributed by atoms with Gasteiger partial charge in [0.05, 0.1) is 10.9 Å². The molecule has 1 saturated carbocycles. The van der Waals surface area contributed by atoms with Crippen LogP contribution < -0.4 is 11.3 Å². The normalized spacial score (nSPS) is 14.9. The van der Waals surface area contributed by atoms with Crippen molar-refractivity contribution in [2.45, 2.75) is 39.2 Å². The van der Waals surface area contributed by atoms with Crippen molar-refractivity contribution in [1.82, 2.24) is 14.8 Å². The van der Waals surface area contributed by atoms with Gasteiger partial charge in [-0.1, -0.05) is 6.07 Å². The van der Waals surface area contributed by atoms with Gasteiger partial charge in [0, 0.05) is 17.6 Å². The quantitative estimate of drug-likeness (QED) is 0.760. The highest BCUT2D eigenvalue weighted by atomic mass is 16.1. The minimum atomic E-state index is 0.0298. The molecule has 3 aromatic rings. The number of benzene rings is 1. The second-order valence-corrected chi connectivity index (χ2v) is 6.67. The Bertz CT molecular complexity index is 933. The molecule has 0 aliphatic heterocycles. The van der Waals surface area contributed by atoms with Crippen LogP contribution in [0.3, 0.4) is 0 Å². The smallest absolute Gasteiger partial charge is 0.262 e. The molecule has 5 nitrogen and oxygen atoms in total. The first-order chi connectivity index (χ1) is 11.2. The number of nitrogens with zero attached hydrogens (tertiary/aromatic N) is 2. The van der Waals surface area contributed by atoms with Crippen molar-refractivity contribution < 1.29 is 0 Å². The topological polar surface area (TPSA) is 76.7 Å². The van der Waals surface area contributed by atoms with Gasteiger partial charge < -0.3 is 10.3 Å². The van der Waals surface area contributed by atoms with Crippen LogP contribution >= 0.6 is 0 Å². The van der Waals surface area contributed by atoms with Crippen molar-refractivity contribution in [3.8, 4) is 0 Å². The van der Waals surface area contributed by atoms with Gasteiger partial charge in [-0.25, -0.2) is 0 Å². The molecule has 1 aliphatic carbocycles. The van der Waals surface area contributed by atoms with E-state index in [0.717, 1.165) is 40.9 Å². The fourth-order valence-electron chi connectivity index (χ4n) is 3.39. The van der Waals surface area contributed by atoms with Crippen LogP contribution in [0, 0.1) is 12.8 Å². The van der Waals surface area contributed by atoms with Crippen LogP contribution in [0.4, 0.5) is 0 Å². The number of nitrogens with one attached hydrogen (secondary N) is 1. The van der Waals surface area contributed by atoms with Crippen LogP contribution in [0.5, 0.6) is 0 Å². The van der Waals surface area contributed by atoms with E-state index in [0.29, 0.717) is 18.5 Å². The Morgan fingerprint density at radius 1 is 1.39 bits per heavy atom. The van der Waals surface area contributed by atoms with Gasteiger partial charge in [0.15, 0.2) is 0 Å². The zero-order valence-corrected chi connectivity index (χ0v) is 13.4. The third-order valence-corrected chi connectivity index (χ3v) is 4.82. The number of hydrogen-bond acceptors (Lipinski definition) is 3. The van der Waals surface area contributed by atoms with E-state index in [2.05, 4.69) is 28.4 Å². The van der Waals surface area contributed by atoms with Gasteiger partial charge in [0.25, 0.3) is 5.56 Å². The van der Waals surface area contributed by atoms with E-state index in [-0.39, 0.29) is 5.56 Å². The second kappa shape index (κ2) is 5.49. The fourth-order valence-corrected chi connectivity index (χ4v) is 3.39. The maximum absolute atomic E-state index is 12.9. The molecule has 0 saturated heterocycles. The third-order valence-electron chi connectivity index (χ3n) is 4.82. The standard InChI is InChI=1S/C18H22N4O/c1-11-16-17(21-20-11)14-10-13(9-12-3-4-12)5-6-15(14)22(18(16)23)8-2-7-19/h5-6,10,12H,2-4,7-9,19H2,1H3,(H,20,21). The average molecular weight is 310 g/mol. The van der Waals surface area contributed by atoms with Crippen molar-refractivity contribution >= 4 is 21.8 Å². The lowest BCUT2D eigenvalue weighted by Crippen LogP contribution is -2.22. The largest absolute Gasteiger partial charge is 0.330 e. The summed E-state index contributed by atoms with van der Waals surface area (Å²) in [7, 11) is 0. The number of nitrogens with two attached hydrogens (primary N) is 1. The maximum Gasteiger partial charge on any atom is 0.262 e. The summed E-state index contributed by atoms with van der Waals surface area (Å²) >= 11 is 0.